The molecule has 0 spiro atoms. The first-order chi connectivity index (χ1) is 11.9. The van der Waals surface area contributed by atoms with E-state index in [1.54, 1.807) is 6.92 Å². The van der Waals surface area contributed by atoms with Crippen molar-refractivity contribution in [1.82, 2.24) is 12.7 Å². The van der Waals surface area contributed by atoms with Gasteiger partial charge in [0.15, 0.2) is 5.82 Å². The highest BCUT2D eigenvalue weighted by molar-refractivity contribution is 14.1. The maximum Gasteiger partial charge on any atom is 0.359 e. The van der Waals surface area contributed by atoms with E-state index >= 15 is 0 Å². The number of hydrogen-bond acceptors (Lipinski definition) is 5. The average molecular weight is 478 g/mol. The molecule has 0 aliphatic carbocycles. The molecule has 3 heterocycles. The summed E-state index contributed by atoms with van der Waals surface area (Å²) in [5.74, 6) is 0.164. The van der Waals surface area contributed by atoms with Crippen LogP contribution in [0.25, 0.3) is 10.9 Å². The fraction of sp³-hybridized carbons (Fsp3) is 0.500. The zero-order valence-electron chi connectivity index (χ0n) is 13.9. The third-order valence-electron chi connectivity index (χ3n) is 5.10. The zero-order chi connectivity index (χ0) is 17.9. The van der Waals surface area contributed by atoms with Gasteiger partial charge in [0.05, 0.1) is 44.5 Å². The smallest absolute Gasteiger partial charge is 0.359 e. The maximum atomic E-state index is 14.9. The Bertz CT molecular complexity index is 933. The molecular formula is C16H18ClFIN5O. The van der Waals surface area contributed by atoms with Gasteiger partial charge >= 0.3 is 5.69 Å². The van der Waals surface area contributed by atoms with Crippen molar-refractivity contribution in [1.29, 1.82) is 0 Å². The summed E-state index contributed by atoms with van der Waals surface area (Å²) in [6.45, 7) is 4.80. The Morgan fingerprint density at radius 3 is 2.92 bits per heavy atom. The van der Waals surface area contributed by atoms with Crippen molar-refractivity contribution in [2.75, 3.05) is 43.4 Å². The molecule has 1 fully saturated rings. The predicted octanol–water partition coefficient (Wildman–Crippen LogP) is 2.63. The van der Waals surface area contributed by atoms with E-state index in [1.165, 1.54) is 2.78 Å². The van der Waals surface area contributed by atoms with E-state index in [0.29, 0.717) is 34.5 Å². The van der Waals surface area contributed by atoms with E-state index in [-0.39, 0.29) is 22.6 Å². The van der Waals surface area contributed by atoms with E-state index in [4.69, 9.17) is 11.6 Å². The number of rotatable bonds is 0. The van der Waals surface area contributed by atoms with Crippen molar-refractivity contribution in [3.8, 4) is 0 Å². The second kappa shape index (κ2) is 6.24. The summed E-state index contributed by atoms with van der Waals surface area (Å²) in [7, 11) is 2.09. The molecule has 134 valence electrons. The van der Waals surface area contributed by atoms with Crippen LogP contribution in [0.1, 0.15) is 12.0 Å². The third-order valence-corrected chi connectivity index (χ3v) is 6.46. The van der Waals surface area contributed by atoms with Crippen LogP contribution in [-0.4, -0.2) is 51.9 Å². The number of halogens is 3. The molecule has 0 radical (unpaired) electrons. The Morgan fingerprint density at radius 2 is 2.16 bits per heavy atom. The van der Waals surface area contributed by atoms with Crippen molar-refractivity contribution in [2.24, 2.45) is 0 Å². The summed E-state index contributed by atoms with van der Waals surface area (Å²) < 4.78 is 16.3. The number of likely N-dealkylation sites (N-methyl/N-ethyl adjacent to an activating group) is 1. The van der Waals surface area contributed by atoms with Crippen LogP contribution in [0.4, 0.5) is 15.9 Å². The molecular weight excluding hydrogens is 460 g/mol. The van der Waals surface area contributed by atoms with Gasteiger partial charge in [0.1, 0.15) is 5.82 Å². The number of nitrogens with zero attached hydrogens (tertiary/aromatic N) is 4. The molecule has 1 aromatic carbocycles. The van der Waals surface area contributed by atoms with Gasteiger partial charge in [-0.2, -0.15) is 4.98 Å². The van der Waals surface area contributed by atoms with Crippen molar-refractivity contribution < 1.29 is 4.39 Å². The fourth-order valence-electron chi connectivity index (χ4n) is 3.76. The van der Waals surface area contributed by atoms with Crippen LogP contribution in [0.5, 0.6) is 0 Å². The number of benzene rings is 1. The first-order valence-electron chi connectivity index (χ1n) is 8.19. The largest absolute Gasteiger partial charge is 0.382 e. The minimum atomic E-state index is -0.389. The molecule has 4 rings (SSSR count). The van der Waals surface area contributed by atoms with Gasteiger partial charge in [-0.1, -0.05) is 11.6 Å². The average Bonchev–Trinajstić information content (AvgIpc) is 2.57. The van der Waals surface area contributed by atoms with Crippen molar-refractivity contribution in [3.05, 3.63) is 26.9 Å². The number of fused-ring (bicyclic) bond motifs is 2. The van der Waals surface area contributed by atoms with Gasteiger partial charge in [0, 0.05) is 37.8 Å². The molecule has 9 heteroatoms. The van der Waals surface area contributed by atoms with Crippen LogP contribution in [0, 0.1) is 12.7 Å². The molecule has 1 N–H and O–H groups in total. The molecule has 1 atom stereocenters. The Balaban J connectivity index is 2.10. The molecule has 0 bridgehead atoms. The minimum Gasteiger partial charge on any atom is -0.382 e. The molecule has 0 amide bonds. The van der Waals surface area contributed by atoms with E-state index in [1.807, 2.05) is 22.9 Å². The highest BCUT2D eigenvalue weighted by atomic mass is 127. The lowest BCUT2D eigenvalue weighted by Crippen LogP contribution is -2.53. The summed E-state index contributed by atoms with van der Waals surface area (Å²) in [5.41, 5.74) is 0.870. The first-order valence-corrected chi connectivity index (χ1v) is 9.54. The summed E-state index contributed by atoms with van der Waals surface area (Å²) >= 11 is 8.32. The van der Waals surface area contributed by atoms with Crippen LogP contribution >= 0.6 is 34.5 Å². The van der Waals surface area contributed by atoms with Gasteiger partial charge in [-0.3, -0.25) is 0 Å². The fourth-order valence-corrected chi connectivity index (χ4v) is 4.76. The van der Waals surface area contributed by atoms with Gasteiger partial charge in [0.25, 0.3) is 0 Å². The van der Waals surface area contributed by atoms with Crippen LogP contribution in [0.15, 0.2) is 4.79 Å². The lowest BCUT2D eigenvalue weighted by atomic mass is 10.0. The Kier molecular flexibility index (Phi) is 4.32. The number of hydrogen-bond donors (Lipinski definition) is 1. The molecule has 25 heavy (non-hydrogen) atoms. The van der Waals surface area contributed by atoms with Gasteiger partial charge in [-0.05, 0) is 20.4 Å². The normalized spacial score (nSPS) is 20.8. The van der Waals surface area contributed by atoms with Crippen LogP contribution < -0.4 is 15.9 Å². The molecule has 1 aromatic heterocycles. The lowest BCUT2D eigenvalue weighted by Gasteiger charge is -2.42. The van der Waals surface area contributed by atoms with Crippen molar-refractivity contribution >= 4 is 56.9 Å². The quantitative estimate of drug-likeness (QED) is 0.591. The van der Waals surface area contributed by atoms with Crippen LogP contribution in [0.2, 0.25) is 5.02 Å². The monoisotopic (exact) mass is 477 g/mol. The lowest BCUT2D eigenvalue weighted by molar-refractivity contribution is 0.261. The number of aromatic nitrogens is 2. The first kappa shape index (κ1) is 17.3. The summed E-state index contributed by atoms with van der Waals surface area (Å²) in [5, 5.41) is 4.08. The predicted molar refractivity (Wildman–Crippen MR) is 107 cm³/mol. The Hall–Kier alpha value is -1.13. The van der Waals surface area contributed by atoms with E-state index in [2.05, 4.69) is 27.1 Å². The van der Waals surface area contributed by atoms with Crippen molar-refractivity contribution in [3.63, 3.8) is 0 Å². The molecule has 6 nitrogen and oxygen atoms in total. The van der Waals surface area contributed by atoms with Gasteiger partial charge in [-0.25, -0.2) is 12.0 Å². The van der Waals surface area contributed by atoms with Gasteiger partial charge in [-0.15, -0.1) is 0 Å². The third kappa shape index (κ3) is 2.60. The Labute approximate surface area is 163 Å². The molecule has 2 aromatic rings. The minimum absolute atomic E-state index is 0.225. The molecule has 1 saturated heterocycles. The summed E-state index contributed by atoms with van der Waals surface area (Å²) in [6, 6.07) is 0.225. The molecule has 0 saturated carbocycles. The highest BCUT2D eigenvalue weighted by Crippen LogP contribution is 2.41. The topological polar surface area (TPSA) is 53.4 Å². The number of piperazine rings is 1. The van der Waals surface area contributed by atoms with Gasteiger partial charge in [0.2, 0.25) is 0 Å². The molecule has 2 aliphatic heterocycles. The van der Waals surface area contributed by atoms with Crippen LogP contribution in [0.3, 0.4) is 0 Å². The SMILES string of the molecule is Cc1c(F)c2c3c(nc(=O)n(I)c3c1Cl)N1CCN(C)CC1CCN2. The standard InChI is InChI=1S/C16H18ClFIN5O/c1-8-11(17)14-10-13(12(8)18)20-4-3-9-7-22(2)5-6-23(9)15(10)21-16(25)24(14)19/h9,20H,3-7H2,1-2H3. The second-order valence-electron chi connectivity index (χ2n) is 6.68. The Morgan fingerprint density at radius 1 is 1.40 bits per heavy atom. The van der Waals surface area contributed by atoms with E-state index in [9.17, 15) is 9.18 Å². The van der Waals surface area contributed by atoms with Gasteiger partial charge < -0.3 is 15.1 Å². The summed E-state index contributed by atoms with van der Waals surface area (Å²) in [4.78, 5) is 21.2. The van der Waals surface area contributed by atoms with E-state index in [0.717, 1.165) is 26.1 Å². The zero-order valence-corrected chi connectivity index (χ0v) is 16.9. The van der Waals surface area contributed by atoms with Crippen LogP contribution in [-0.2, 0) is 0 Å². The van der Waals surface area contributed by atoms with Crippen molar-refractivity contribution in [2.45, 2.75) is 19.4 Å². The second-order valence-corrected chi connectivity index (χ2v) is 8.02. The number of nitrogens with one attached hydrogen (secondary N) is 1. The number of anilines is 2. The molecule has 2 aliphatic rings. The maximum absolute atomic E-state index is 14.9. The highest BCUT2D eigenvalue weighted by Gasteiger charge is 2.32. The van der Waals surface area contributed by atoms with E-state index < -0.39 is 0 Å². The molecule has 1 unspecified atom stereocenters. The summed E-state index contributed by atoms with van der Waals surface area (Å²) in [6.07, 6.45) is 0.849.